The van der Waals surface area contributed by atoms with E-state index < -0.39 is 0 Å². The summed E-state index contributed by atoms with van der Waals surface area (Å²) in [6.45, 7) is 0.520. The molecule has 1 aromatic carbocycles. The van der Waals surface area contributed by atoms with Gasteiger partial charge in [0.25, 0.3) is 0 Å². The van der Waals surface area contributed by atoms with Gasteiger partial charge in [-0.2, -0.15) is 0 Å². The van der Waals surface area contributed by atoms with Crippen molar-refractivity contribution in [2.45, 2.75) is 6.54 Å². The summed E-state index contributed by atoms with van der Waals surface area (Å²) < 4.78 is 4.74. The topological polar surface area (TPSA) is 64.1 Å². The van der Waals surface area contributed by atoms with Gasteiger partial charge in [0.2, 0.25) is 0 Å². The second-order valence-electron chi connectivity index (χ2n) is 3.40. The monoisotopic (exact) mass is 267 g/mol. The molecule has 0 bridgehead atoms. The van der Waals surface area contributed by atoms with Crippen LogP contribution in [0.1, 0.15) is 11.3 Å². The number of rotatable bonds is 4. The highest BCUT2D eigenvalue weighted by Gasteiger charge is 2.06. The first kappa shape index (κ1) is 11.9. The van der Waals surface area contributed by atoms with Crippen LogP contribution in [0, 0.1) is 0 Å². The molecule has 0 saturated heterocycles. The minimum absolute atomic E-state index is 0.323. The largest absolute Gasteiger partial charge is 0.389 e. The molecule has 2 rings (SSSR count). The van der Waals surface area contributed by atoms with E-state index in [1.165, 1.54) is 6.26 Å². The molecule has 1 aromatic heterocycles. The highest BCUT2D eigenvalue weighted by molar-refractivity contribution is 7.80. The average Bonchev–Trinajstić information content (AvgIpc) is 2.78. The van der Waals surface area contributed by atoms with Crippen LogP contribution in [0.2, 0.25) is 5.02 Å². The zero-order chi connectivity index (χ0) is 12.3. The van der Waals surface area contributed by atoms with Crippen molar-refractivity contribution in [1.82, 2.24) is 5.16 Å². The summed E-state index contributed by atoms with van der Waals surface area (Å²) in [5.41, 5.74) is 7.96. The molecular weight excluding hydrogens is 258 g/mol. The lowest BCUT2D eigenvalue weighted by Gasteiger charge is -2.10. The van der Waals surface area contributed by atoms with Gasteiger partial charge in [0.1, 0.15) is 16.9 Å². The highest BCUT2D eigenvalue weighted by Crippen LogP contribution is 2.21. The molecule has 0 amide bonds. The number of nitrogens with zero attached hydrogens (tertiary/aromatic N) is 1. The summed E-state index contributed by atoms with van der Waals surface area (Å²) in [7, 11) is 0. The lowest BCUT2D eigenvalue weighted by molar-refractivity contribution is 0.412. The summed E-state index contributed by atoms with van der Waals surface area (Å²) in [6.07, 6.45) is 1.52. The summed E-state index contributed by atoms with van der Waals surface area (Å²) in [6, 6.07) is 7.08. The van der Waals surface area contributed by atoms with E-state index in [4.69, 9.17) is 34.1 Å². The standard InChI is InChI=1S/C11H10ClN3OS/c12-7-1-2-9(11(13)17)10(5-7)14-6-8-3-4-16-15-8/h1-5,14H,6H2,(H2,13,17). The lowest BCUT2D eigenvalue weighted by Crippen LogP contribution is -2.13. The molecule has 0 aliphatic carbocycles. The number of thiocarbonyl (C=S) groups is 1. The molecule has 0 radical (unpaired) electrons. The van der Waals surface area contributed by atoms with Crippen LogP contribution < -0.4 is 11.1 Å². The van der Waals surface area contributed by atoms with E-state index in [0.717, 1.165) is 16.9 Å². The second kappa shape index (κ2) is 5.16. The maximum atomic E-state index is 5.92. The fourth-order valence-corrected chi connectivity index (χ4v) is 1.74. The number of aromatic nitrogens is 1. The maximum Gasteiger partial charge on any atom is 0.124 e. The molecule has 0 saturated carbocycles. The Bertz CT molecular complexity index is 528. The fourth-order valence-electron chi connectivity index (χ4n) is 1.39. The summed E-state index contributed by atoms with van der Waals surface area (Å²) >= 11 is 10.9. The van der Waals surface area contributed by atoms with Crippen molar-refractivity contribution in [3.05, 3.63) is 46.8 Å². The SMILES string of the molecule is NC(=S)c1ccc(Cl)cc1NCc1ccon1. The Balaban J connectivity index is 2.19. The molecule has 0 fully saturated rings. The first-order valence-corrected chi connectivity index (χ1v) is 5.68. The van der Waals surface area contributed by atoms with Crippen molar-refractivity contribution in [2.75, 3.05) is 5.32 Å². The molecule has 6 heteroatoms. The van der Waals surface area contributed by atoms with Gasteiger partial charge in [-0.1, -0.05) is 29.0 Å². The number of nitrogens with two attached hydrogens (primary N) is 1. The quantitative estimate of drug-likeness (QED) is 0.834. The molecule has 0 unspecified atom stereocenters. The van der Waals surface area contributed by atoms with E-state index in [0.29, 0.717) is 16.6 Å². The Morgan fingerprint density at radius 2 is 2.29 bits per heavy atom. The third-order valence-electron chi connectivity index (χ3n) is 2.20. The van der Waals surface area contributed by atoms with Gasteiger partial charge in [-0.05, 0) is 18.2 Å². The lowest BCUT2D eigenvalue weighted by atomic mass is 10.1. The molecule has 17 heavy (non-hydrogen) atoms. The summed E-state index contributed by atoms with van der Waals surface area (Å²) in [5, 5.41) is 7.58. The maximum absolute atomic E-state index is 5.92. The Hall–Kier alpha value is -1.59. The van der Waals surface area contributed by atoms with Gasteiger partial charge in [0.15, 0.2) is 0 Å². The molecule has 0 aliphatic heterocycles. The van der Waals surface area contributed by atoms with Gasteiger partial charge in [-0.15, -0.1) is 0 Å². The predicted molar refractivity (Wildman–Crippen MR) is 71.2 cm³/mol. The minimum Gasteiger partial charge on any atom is -0.389 e. The number of hydrogen-bond donors (Lipinski definition) is 2. The number of halogens is 1. The molecule has 0 spiro atoms. The Labute approximate surface area is 109 Å². The van der Waals surface area contributed by atoms with Crippen LogP contribution >= 0.6 is 23.8 Å². The molecule has 1 heterocycles. The highest BCUT2D eigenvalue weighted by atomic mass is 35.5. The first-order chi connectivity index (χ1) is 8.16. The molecule has 0 aliphatic rings. The molecule has 88 valence electrons. The van der Waals surface area contributed by atoms with Crippen LogP contribution in [0.25, 0.3) is 0 Å². The van der Waals surface area contributed by atoms with Crippen LogP contribution in [0.15, 0.2) is 35.1 Å². The zero-order valence-electron chi connectivity index (χ0n) is 8.81. The zero-order valence-corrected chi connectivity index (χ0v) is 10.4. The van der Waals surface area contributed by atoms with Gasteiger partial charge in [0, 0.05) is 22.3 Å². The van der Waals surface area contributed by atoms with Crippen LogP contribution in [-0.4, -0.2) is 10.1 Å². The number of anilines is 1. The van der Waals surface area contributed by atoms with E-state index in [1.54, 1.807) is 24.3 Å². The number of hydrogen-bond acceptors (Lipinski definition) is 4. The Morgan fingerprint density at radius 3 is 2.94 bits per heavy atom. The van der Waals surface area contributed by atoms with Crippen molar-refractivity contribution in [2.24, 2.45) is 5.73 Å². The van der Waals surface area contributed by atoms with Gasteiger partial charge >= 0.3 is 0 Å². The summed E-state index contributed by atoms with van der Waals surface area (Å²) in [5.74, 6) is 0. The van der Waals surface area contributed by atoms with Gasteiger partial charge in [0.05, 0.1) is 6.54 Å². The Kier molecular flexibility index (Phi) is 3.61. The normalized spacial score (nSPS) is 10.2. The van der Waals surface area contributed by atoms with E-state index >= 15 is 0 Å². The second-order valence-corrected chi connectivity index (χ2v) is 4.27. The average molecular weight is 268 g/mol. The molecule has 4 nitrogen and oxygen atoms in total. The van der Waals surface area contributed by atoms with E-state index in [9.17, 15) is 0 Å². The third-order valence-corrected chi connectivity index (χ3v) is 2.65. The van der Waals surface area contributed by atoms with E-state index in [-0.39, 0.29) is 0 Å². The molecular formula is C11H10ClN3OS. The third kappa shape index (κ3) is 2.95. The predicted octanol–water partition coefficient (Wildman–Crippen LogP) is 2.57. The van der Waals surface area contributed by atoms with Crippen molar-refractivity contribution in [1.29, 1.82) is 0 Å². The summed E-state index contributed by atoms with van der Waals surface area (Å²) in [4.78, 5) is 0.323. The van der Waals surface area contributed by atoms with Crippen LogP contribution in [0.4, 0.5) is 5.69 Å². The van der Waals surface area contributed by atoms with E-state index in [1.807, 2.05) is 0 Å². The smallest absolute Gasteiger partial charge is 0.124 e. The van der Waals surface area contributed by atoms with Crippen LogP contribution in [0.3, 0.4) is 0 Å². The van der Waals surface area contributed by atoms with Gasteiger partial charge in [-0.3, -0.25) is 0 Å². The Morgan fingerprint density at radius 1 is 1.47 bits per heavy atom. The minimum atomic E-state index is 0.323. The van der Waals surface area contributed by atoms with Crippen molar-refractivity contribution >= 4 is 34.5 Å². The fraction of sp³-hybridized carbons (Fsp3) is 0.0909. The first-order valence-electron chi connectivity index (χ1n) is 4.89. The van der Waals surface area contributed by atoms with Gasteiger partial charge in [-0.25, -0.2) is 0 Å². The van der Waals surface area contributed by atoms with Crippen molar-refractivity contribution in [3.63, 3.8) is 0 Å². The molecule has 2 aromatic rings. The number of benzene rings is 1. The molecule has 0 atom stereocenters. The van der Waals surface area contributed by atoms with Crippen molar-refractivity contribution in [3.8, 4) is 0 Å². The van der Waals surface area contributed by atoms with Gasteiger partial charge < -0.3 is 15.6 Å². The molecule has 3 N–H and O–H groups in total. The van der Waals surface area contributed by atoms with E-state index in [2.05, 4.69) is 10.5 Å². The van der Waals surface area contributed by atoms with Crippen LogP contribution in [0.5, 0.6) is 0 Å². The number of nitrogens with one attached hydrogen (secondary N) is 1. The van der Waals surface area contributed by atoms with Crippen LogP contribution in [-0.2, 0) is 6.54 Å². The van der Waals surface area contributed by atoms with Crippen molar-refractivity contribution < 1.29 is 4.52 Å².